The Kier molecular flexibility index (Phi) is 6.52. The largest absolute Gasteiger partial charge is 0.479 e. The summed E-state index contributed by atoms with van der Waals surface area (Å²) in [6, 6.07) is 9.20. The molecule has 0 spiro atoms. The van der Waals surface area contributed by atoms with Gasteiger partial charge < -0.3 is 9.47 Å². The highest BCUT2D eigenvalue weighted by Crippen LogP contribution is 2.12. The van der Waals surface area contributed by atoms with Gasteiger partial charge in [-0.3, -0.25) is 0 Å². The zero-order valence-corrected chi connectivity index (χ0v) is 10.7. The third kappa shape index (κ3) is 6.08. The number of nitriles is 1. The molecule has 0 bridgehead atoms. The molecule has 19 heavy (non-hydrogen) atoms. The molecule has 0 atom stereocenters. The standard InChI is InChI=1S/C15H15NO3/c1-2-18-15(17)6-4-3-5-13-7-9-14(10-8-13)19-12-11-16/h3-10H,2,12H2,1H3. The normalized spacial score (nSPS) is 10.5. The predicted molar refractivity (Wildman–Crippen MR) is 72.4 cm³/mol. The Hall–Kier alpha value is -2.54. The molecule has 0 aliphatic heterocycles. The second-order valence-corrected chi connectivity index (χ2v) is 3.49. The second kappa shape index (κ2) is 8.54. The van der Waals surface area contributed by atoms with Crippen LogP contribution in [0, 0.1) is 11.3 Å². The van der Waals surface area contributed by atoms with Crippen molar-refractivity contribution in [3.8, 4) is 11.8 Å². The fraction of sp³-hybridized carbons (Fsp3) is 0.200. The van der Waals surface area contributed by atoms with Crippen molar-refractivity contribution >= 4 is 12.0 Å². The Balaban J connectivity index is 2.49. The van der Waals surface area contributed by atoms with Crippen LogP contribution in [0.3, 0.4) is 0 Å². The van der Waals surface area contributed by atoms with E-state index in [-0.39, 0.29) is 12.6 Å². The van der Waals surface area contributed by atoms with Gasteiger partial charge in [0.2, 0.25) is 0 Å². The quantitative estimate of drug-likeness (QED) is 0.446. The van der Waals surface area contributed by atoms with E-state index in [0.717, 1.165) is 5.56 Å². The van der Waals surface area contributed by atoms with Crippen molar-refractivity contribution in [2.75, 3.05) is 13.2 Å². The maximum absolute atomic E-state index is 11.0. The smallest absolute Gasteiger partial charge is 0.330 e. The summed E-state index contributed by atoms with van der Waals surface area (Å²) < 4.78 is 9.88. The first-order chi connectivity index (χ1) is 9.26. The van der Waals surface area contributed by atoms with E-state index in [4.69, 9.17) is 14.7 Å². The summed E-state index contributed by atoms with van der Waals surface area (Å²) in [6.07, 6.45) is 6.59. The summed E-state index contributed by atoms with van der Waals surface area (Å²) >= 11 is 0. The lowest BCUT2D eigenvalue weighted by atomic mass is 10.2. The van der Waals surface area contributed by atoms with Gasteiger partial charge in [0.15, 0.2) is 6.61 Å². The van der Waals surface area contributed by atoms with Gasteiger partial charge in [-0.15, -0.1) is 0 Å². The van der Waals surface area contributed by atoms with Crippen molar-refractivity contribution in [1.82, 2.24) is 0 Å². The van der Waals surface area contributed by atoms with Crippen molar-refractivity contribution in [3.05, 3.63) is 48.1 Å². The number of esters is 1. The lowest BCUT2D eigenvalue weighted by molar-refractivity contribution is -0.137. The van der Waals surface area contributed by atoms with Crippen molar-refractivity contribution in [2.24, 2.45) is 0 Å². The summed E-state index contributed by atoms with van der Waals surface area (Å²) in [5.74, 6) is 0.299. The maximum atomic E-state index is 11.0. The van der Waals surface area contributed by atoms with E-state index >= 15 is 0 Å². The van der Waals surface area contributed by atoms with Crippen LogP contribution in [-0.2, 0) is 9.53 Å². The minimum absolute atomic E-state index is 0.0392. The number of carbonyl (C=O) groups excluding carboxylic acids is 1. The van der Waals surface area contributed by atoms with Crippen LogP contribution in [0.4, 0.5) is 0 Å². The van der Waals surface area contributed by atoms with Crippen LogP contribution in [0.2, 0.25) is 0 Å². The van der Waals surface area contributed by atoms with Gasteiger partial charge in [-0.05, 0) is 24.6 Å². The molecule has 0 fully saturated rings. The Morgan fingerprint density at radius 3 is 2.68 bits per heavy atom. The Morgan fingerprint density at radius 1 is 1.32 bits per heavy atom. The number of carbonyl (C=O) groups is 1. The van der Waals surface area contributed by atoms with Gasteiger partial charge in [0.05, 0.1) is 6.61 Å². The van der Waals surface area contributed by atoms with Gasteiger partial charge in [0.1, 0.15) is 11.8 Å². The average molecular weight is 257 g/mol. The molecule has 0 aliphatic carbocycles. The highest BCUT2D eigenvalue weighted by molar-refractivity contribution is 5.82. The van der Waals surface area contributed by atoms with E-state index < -0.39 is 0 Å². The molecule has 0 aliphatic rings. The van der Waals surface area contributed by atoms with Crippen LogP contribution in [0.15, 0.2) is 42.5 Å². The van der Waals surface area contributed by atoms with Crippen LogP contribution >= 0.6 is 0 Å². The average Bonchev–Trinajstić information content (AvgIpc) is 2.43. The lowest BCUT2D eigenvalue weighted by Gasteiger charge is -2.00. The van der Waals surface area contributed by atoms with Crippen molar-refractivity contribution in [3.63, 3.8) is 0 Å². The molecule has 4 heteroatoms. The van der Waals surface area contributed by atoms with E-state index in [9.17, 15) is 4.79 Å². The predicted octanol–water partition coefficient (Wildman–Crippen LogP) is 2.72. The highest BCUT2D eigenvalue weighted by atomic mass is 16.5. The summed E-state index contributed by atoms with van der Waals surface area (Å²) in [4.78, 5) is 11.0. The van der Waals surface area contributed by atoms with Gasteiger partial charge in [0, 0.05) is 6.08 Å². The van der Waals surface area contributed by atoms with Crippen LogP contribution in [0.25, 0.3) is 6.08 Å². The van der Waals surface area contributed by atoms with Crippen LogP contribution in [-0.4, -0.2) is 19.2 Å². The van der Waals surface area contributed by atoms with Crippen LogP contribution < -0.4 is 4.74 Å². The maximum Gasteiger partial charge on any atom is 0.330 e. The summed E-state index contributed by atoms with van der Waals surface area (Å²) in [6.45, 7) is 2.17. The molecule has 0 saturated heterocycles. The number of rotatable bonds is 6. The number of allylic oxidation sites excluding steroid dienone is 2. The molecule has 4 nitrogen and oxygen atoms in total. The summed E-state index contributed by atoms with van der Waals surface area (Å²) in [7, 11) is 0. The third-order valence-electron chi connectivity index (χ3n) is 2.10. The molecule has 0 radical (unpaired) electrons. The van der Waals surface area contributed by atoms with Gasteiger partial charge in [-0.25, -0.2) is 4.79 Å². The Morgan fingerprint density at radius 2 is 2.05 bits per heavy atom. The van der Waals surface area contributed by atoms with E-state index in [1.807, 2.05) is 24.3 Å². The molecular formula is C15H15NO3. The van der Waals surface area contributed by atoms with Crippen molar-refractivity contribution in [2.45, 2.75) is 6.92 Å². The number of ether oxygens (including phenoxy) is 2. The fourth-order valence-corrected chi connectivity index (χ4v) is 1.28. The third-order valence-corrected chi connectivity index (χ3v) is 2.10. The number of nitrogens with zero attached hydrogens (tertiary/aromatic N) is 1. The zero-order chi connectivity index (χ0) is 13.9. The molecule has 0 heterocycles. The molecular weight excluding hydrogens is 242 g/mol. The molecule has 1 rings (SSSR count). The number of hydrogen-bond acceptors (Lipinski definition) is 4. The minimum Gasteiger partial charge on any atom is -0.479 e. The van der Waals surface area contributed by atoms with Crippen molar-refractivity contribution in [1.29, 1.82) is 5.26 Å². The molecule has 0 unspecified atom stereocenters. The zero-order valence-electron chi connectivity index (χ0n) is 10.7. The molecule has 1 aromatic rings. The Bertz CT molecular complexity index is 495. The number of hydrogen-bond donors (Lipinski definition) is 0. The van der Waals surface area contributed by atoms with E-state index in [1.165, 1.54) is 6.08 Å². The van der Waals surface area contributed by atoms with Crippen molar-refractivity contribution < 1.29 is 14.3 Å². The van der Waals surface area contributed by atoms with Crippen LogP contribution in [0.1, 0.15) is 12.5 Å². The number of benzene rings is 1. The molecule has 0 amide bonds. The van der Waals surface area contributed by atoms with Gasteiger partial charge in [-0.2, -0.15) is 5.26 Å². The van der Waals surface area contributed by atoms with E-state index in [0.29, 0.717) is 12.4 Å². The van der Waals surface area contributed by atoms with E-state index in [1.54, 1.807) is 31.2 Å². The molecule has 98 valence electrons. The summed E-state index contributed by atoms with van der Waals surface area (Å²) in [5.41, 5.74) is 0.970. The molecule has 1 aromatic carbocycles. The van der Waals surface area contributed by atoms with Gasteiger partial charge >= 0.3 is 5.97 Å². The van der Waals surface area contributed by atoms with Gasteiger partial charge in [-0.1, -0.05) is 30.4 Å². The Labute approximate surface area is 112 Å². The fourth-order valence-electron chi connectivity index (χ4n) is 1.28. The first-order valence-corrected chi connectivity index (χ1v) is 5.87. The highest BCUT2D eigenvalue weighted by Gasteiger charge is 1.92. The van der Waals surface area contributed by atoms with E-state index in [2.05, 4.69) is 0 Å². The monoisotopic (exact) mass is 257 g/mol. The molecule has 0 N–H and O–H groups in total. The first-order valence-electron chi connectivity index (χ1n) is 5.87. The van der Waals surface area contributed by atoms with Gasteiger partial charge in [0.25, 0.3) is 0 Å². The molecule has 0 saturated carbocycles. The summed E-state index contributed by atoms with van der Waals surface area (Å²) in [5, 5.41) is 8.38. The topological polar surface area (TPSA) is 59.3 Å². The SMILES string of the molecule is CCOC(=O)C=CC=Cc1ccc(OCC#N)cc1. The minimum atomic E-state index is -0.354. The lowest BCUT2D eigenvalue weighted by Crippen LogP contribution is -1.98. The molecule has 0 aromatic heterocycles. The van der Waals surface area contributed by atoms with Crippen LogP contribution in [0.5, 0.6) is 5.75 Å². The second-order valence-electron chi connectivity index (χ2n) is 3.49. The first kappa shape index (κ1) is 14.5.